The minimum atomic E-state index is 0.306. The van der Waals surface area contributed by atoms with Crippen LogP contribution in [0, 0.1) is 0 Å². The highest BCUT2D eigenvalue weighted by Crippen LogP contribution is 1.96. The lowest BCUT2D eigenvalue weighted by Gasteiger charge is -2.08. The number of ether oxygens (including phenoxy) is 2. The van der Waals surface area contributed by atoms with Crippen LogP contribution >= 0.6 is 0 Å². The fourth-order valence-electron chi connectivity index (χ4n) is 1.39. The van der Waals surface area contributed by atoms with Crippen molar-refractivity contribution in [2.24, 2.45) is 0 Å². The summed E-state index contributed by atoms with van der Waals surface area (Å²) in [4.78, 5) is 0. The van der Waals surface area contributed by atoms with Crippen molar-refractivity contribution in [3.05, 3.63) is 0 Å². The van der Waals surface area contributed by atoms with Crippen LogP contribution < -0.4 is 5.32 Å². The third-order valence-electron chi connectivity index (χ3n) is 2.31. The van der Waals surface area contributed by atoms with Crippen LogP contribution in [-0.4, -0.2) is 39.0 Å². The summed E-state index contributed by atoms with van der Waals surface area (Å²) in [6, 6.07) is 0. The molecule has 0 saturated carbocycles. The van der Waals surface area contributed by atoms with E-state index in [2.05, 4.69) is 12.2 Å². The molecule has 0 aliphatic rings. The van der Waals surface area contributed by atoms with E-state index >= 15 is 0 Å². The quantitative estimate of drug-likeness (QED) is 0.524. The van der Waals surface area contributed by atoms with Gasteiger partial charge in [-0.3, -0.25) is 0 Å². The van der Waals surface area contributed by atoms with Gasteiger partial charge < -0.3 is 14.8 Å². The zero-order valence-corrected chi connectivity index (χ0v) is 11.3. The SMILES string of the molecule is CCCCCCNCCOCCOC(C)C. The van der Waals surface area contributed by atoms with E-state index in [0.717, 1.165) is 19.7 Å². The molecular weight excluding hydrogens is 202 g/mol. The number of unbranched alkanes of at least 4 members (excludes halogenated alkanes) is 3. The lowest BCUT2D eigenvalue weighted by Crippen LogP contribution is -2.22. The molecule has 0 aliphatic heterocycles. The van der Waals surface area contributed by atoms with Gasteiger partial charge in [0.1, 0.15) is 0 Å². The molecule has 1 N–H and O–H groups in total. The number of hydrogen-bond donors (Lipinski definition) is 1. The summed E-state index contributed by atoms with van der Waals surface area (Å²) >= 11 is 0. The van der Waals surface area contributed by atoms with Gasteiger partial charge in [0.05, 0.1) is 25.9 Å². The van der Waals surface area contributed by atoms with Gasteiger partial charge in [-0.05, 0) is 26.8 Å². The van der Waals surface area contributed by atoms with Crippen molar-refractivity contribution in [3.8, 4) is 0 Å². The van der Waals surface area contributed by atoms with E-state index in [1.54, 1.807) is 0 Å². The Labute approximate surface area is 101 Å². The zero-order valence-electron chi connectivity index (χ0n) is 11.3. The van der Waals surface area contributed by atoms with Crippen LogP contribution in [0.4, 0.5) is 0 Å². The molecule has 0 aromatic carbocycles. The third kappa shape index (κ3) is 13.9. The average molecular weight is 231 g/mol. The largest absolute Gasteiger partial charge is 0.378 e. The Morgan fingerprint density at radius 2 is 1.75 bits per heavy atom. The van der Waals surface area contributed by atoms with Gasteiger partial charge in [0.25, 0.3) is 0 Å². The lowest BCUT2D eigenvalue weighted by molar-refractivity contribution is 0.0204. The molecule has 0 radical (unpaired) electrons. The first-order valence-electron chi connectivity index (χ1n) is 6.67. The molecule has 0 aromatic rings. The fourth-order valence-corrected chi connectivity index (χ4v) is 1.39. The molecule has 0 amide bonds. The Hall–Kier alpha value is -0.120. The maximum atomic E-state index is 5.42. The average Bonchev–Trinajstić information content (AvgIpc) is 2.25. The zero-order chi connectivity index (χ0) is 12.1. The highest BCUT2D eigenvalue weighted by atomic mass is 16.5. The minimum Gasteiger partial charge on any atom is -0.378 e. The lowest BCUT2D eigenvalue weighted by atomic mass is 10.2. The van der Waals surface area contributed by atoms with Crippen LogP contribution in [0.25, 0.3) is 0 Å². The Morgan fingerprint density at radius 3 is 2.44 bits per heavy atom. The van der Waals surface area contributed by atoms with Crippen molar-refractivity contribution < 1.29 is 9.47 Å². The van der Waals surface area contributed by atoms with Crippen LogP contribution in [0.2, 0.25) is 0 Å². The number of nitrogens with one attached hydrogen (secondary N) is 1. The van der Waals surface area contributed by atoms with E-state index in [9.17, 15) is 0 Å². The first-order valence-corrected chi connectivity index (χ1v) is 6.67. The van der Waals surface area contributed by atoms with Crippen molar-refractivity contribution in [1.29, 1.82) is 0 Å². The third-order valence-corrected chi connectivity index (χ3v) is 2.31. The Kier molecular flexibility index (Phi) is 12.9. The summed E-state index contributed by atoms with van der Waals surface area (Å²) < 4.78 is 10.8. The second-order valence-electron chi connectivity index (χ2n) is 4.34. The summed E-state index contributed by atoms with van der Waals surface area (Å²) in [5.41, 5.74) is 0. The number of rotatable bonds is 12. The molecular formula is C13H29NO2. The molecule has 0 aromatic heterocycles. The molecule has 3 heteroatoms. The van der Waals surface area contributed by atoms with Gasteiger partial charge in [-0.15, -0.1) is 0 Å². The number of hydrogen-bond acceptors (Lipinski definition) is 3. The summed E-state index contributed by atoms with van der Waals surface area (Å²) in [6.45, 7) is 10.6. The molecule has 0 fully saturated rings. The molecule has 3 nitrogen and oxygen atoms in total. The van der Waals surface area contributed by atoms with Crippen LogP contribution in [0.15, 0.2) is 0 Å². The van der Waals surface area contributed by atoms with Gasteiger partial charge in [-0.25, -0.2) is 0 Å². The minimum absolute atomic E-state index is 0.306. The summed E-state index contributed by atoms with van der Waals surface area (Å²) in [5, 5.41) is 3.38. The fraction of sp³-hybridized carbons (Fsp3) is 1.00. The molecule has 0 atom stereocenters. The topological polar surface area (TPSA) is 30.5 Å². The maximum Gasteiger partial charge on any atom is 0.0703 e. The molecule has 0 spiro atoms. The molecule has 0 bridgehead atoms. The van der Waals surface area contributed by atoms with Crippen LogP contribution in [-0.2, 0) is 9.47 Å². The van der Waals surface area contributed by atoms with Crippen molar-refractivity contribution >= 4 is 0 Å². The van der Waals surface area contributed by atoms with Gasteiger partial charge in [-0.1, -0.05) is 26.2 Å². The van der Waals surface area contributed by atoms with Crippen molar-refractivity contribution in [2.45, 2.75) is 52.6 Å². The van der Waals surface area contributed by atoms with E-state index in [4.69, 9.17) is 9.47 Å². The standard InChI is InChI=1S/C13H29NO2/c1-4-5-6-7-8-14-9-10-15-11-12-16-13(2)3/h13-14H,4-12H2,1-3H3. The Bertz CT molecular complexity index is 129. The van der Waals surface area contributed by atoms with Crippen LogP contribution in [0.3, 0.4) is 0 Å². The van der Waals surface area contributed by atoms with Crippen molar-refractivity contribution in [1.82, 2.24) is 5.32 Å². The monoisotopic (exact) mass is 231 g/mol. The summed E-state index contributed by atoms with van der Waals surface area (Å²) in [6.07, 6.45) is 5.58. The van der Waals surface area contributed by atoms with E-state index < -0.39 is 0 Å². The molecule has 16 heavy (non-hydrogen) atoms. The van der Waals surface area contributed by atoms with Gasteiger partial charge in [0, 0.05) is 6.54 Å². The van der Waals surface area contributed by atoms with E-state index in [0.29, 0.717) is 19.3 Å². The molecule has 0 saturated heterocycles. The Balaban J connectivity index is 2.88. The smallest absolute Gasteiger partial charge is 0.0703 e. The Morgan fingerprint density at radius 1 is 0.938 bits per heavy atom. The molecule has 0 heterocycles. The van der Waals surface area contributed by atoms with E-state index in [-0.39, 0.29) is 0 Å². The summed E-state index contributed by atoms with van der Waals surface area (Å²) in [7, 11) is 0. The van der Waals surface area contributed by atoms with Gasteiger partial charge in [-0.2, -0.15) is 0 Å². The predicted molar refractivity (Wildman–Crippen MR) is 68.9 cm³/mol. The molecule has 0 unspecified atom stereocenters. The van der Waals surface area contributed by atoms with Gasteiger partial charge in [0.15, 0.2) is 0 Å². The van der Waals surface area contributed by atoms with Crippen LogP contribution in [0.1, 0.15) is 46.5 Å². The first kappa shape index (κ1) is 15.9. The second-order valence-corrected chi connectivity index (χ2v) is 4.34. The highest BCUT2D eigenvalue weighted by molar-refractivity contribution is 4.48. The first-order chi connectivity index (χ1) is 7.77. The van der Waals surface area contributed by atoms with E-state index in [1.807, 2.05) is 13.8 Å². The molecule has 98 valence electrons. The van der Waals surface area contributed by atoms with E-state index in [1.165, 1.54) is 25.7 Å². The predicted octanol–water partition coefficient (Wildman–Crippen LogP) is 2.60. The summed E-state index contributed by atoms with van der Waals surface area (Å²) in [5.74, 6) is 0. The highest BCUT2D eigenvalue weighted by Gasteiger charge is 1.93. The van der Waals surface area contributed by atoms with Gasteiger partial charge >= 0.3 is 0 Å². The maximum absolute atomic E-state index is 5.42. The van der Waals surface area contributed by atoms with Crippen molar-refractivity contribution in [2.75, 3.05) is 32.9 Å². The van der Waals surface area contributed by atoms with Crippen LogP contribution in [0.5, 0.6) is 0 Å². The molecule has 0 aliphatic carbocycles. The molecule has 0 rings (SSSR count). The van der Waals surface area contributed by atoms with Crippen molar-refractivity contribution in [3.63, 3.8) is 0 Å². The second kappa shape index (κ2) is 12.9. The normalized spacial score (nSPS) is 11.2. The van der Waals surface area contributed by atoms with Gasteiger partial charge in [0.2, 0.25) is 0 Å².